The van der Waals surface area contributed by atoms with E-state index >= 15 is 0 Å². The quantitative estimate of drug-likeness (QED) is 0.759. The lowest BCUT2D eigenvalue weighted by molar-refractivity contribution is -0.123. The normalized spacial score (nSPS) is 19.4. The van der Waals surface area contributed by atoms with Crippen LogP contribution in [0.15, 0.2) is 0 Å². The maximum atomic E-state index is 12.1. The summed E-state index contributed by atoms with van der Waals surface area (Å²) >= 11 is 0. The van der Waals surface area contributed by atoms with Crippen LogP contribution in [0.2, 0.25) is 0 Å². The van der Waals surface area contributed by atoms with Gasteiger partial charge in [-0.15, -0.1) is 0 Å². The molecule has 23 heavy (non-hydrogen) atoms. The monoisotopic (exact) mass is 327 g/mol. The summed E-state index contributed by atoms with van der Waals surface area (Å²) in [7, 11) is 0. The number of carbonyl (C=O) groups is 2. The van der Waals surface area contributed by atoms with Crippen LogP contribution in [0.1, 0.15) is 53.9 Å². The van der Waals surface area contributed by atoms with Gasteiger partial charge in [0.05, 0.1) is 0 Å². The lowest BCUT2D eigenvalue weighted by atomic mass is 10.1. The van der Waals surface area contributed by atoms with Crippen molar-refractivity contribution in [1.29, 1.82) is 0 Å². The first-order valence-electron chi connectivity index (χ1n) is 8.68. The van der Waals surface area contributed by atoms with Gasteiger partial charge in [-0.2, -0.15) is 0 Å². The van der Waals surface area contributed by atoms with Gasteiger partial charge in [-0.25, -0.2) is 4.79 Å². The fraction of sp³-hybridized carbons (Fsp3) is 0.882. The molecule has 1 unspecified atom stereocenters. The first-order valence-corrected chi connectivity index (χ1v) is 8.68. The standard InChI is InChI=1S/C17H33N3O3/c1-13(2)15(21)19-10-9-18-14-7-6-11-20(12-8-14)16(22)23-17(3,4)5/h13-14,18H,6-12H2,1-5H3,(H,19,21). The number of amides is 2. The van der Waals surface area contributed by atoms with Crippen LogP contribution in [0, 0.1) is 5.92 Å². The molecule has 2 N–H and O–H groups in total. The predicted octanol–water partition coefficient (Wildman–Crippen LogP) is 2.14. The molecule has 6 nitrogen and oxygen atoms in total. The molecule has 0 saturated carbocycles. The molecule has 134 valence electrons. The van der Waals surface area contributed by atoms with Gasteiger partial charge in [0.25, 0.3) is 0 Å². The summed E-state index contributed by atoms with van der Waals surface area (Å²) in [6.45, 7) is 12.3. The number of nitrogens with zero attached hydrogens (tertiary/aromatic N) is 1. The zero-order chi connectivity index (χ0) is 17.5. The Morgan fingerprint density at radius 1 is 1.17 bits per heavy atom. The maximum Gasteiger partial charge on any atom is 0.410 e. The van der Waals surface area contributed by atoms with Crippen molar-refractivity contribution >= 4 is 12.0 Å². The van der Waals surface area contributed by atoms with E-state index in [-0.39, 0.29) is 17.9 Å². The predicted molar refractivity (Wildman–Crippen MR) is 91.3 cm³/mol. The van der Waals surface area contributed by atoms with Crippen molar-refractivity contribution < 1.29 is 14.3 Å². The van der Waals surface area contributed by atoms with Crippen LogP contribution in [0.5, 0.6) is 0 Å². The van der Waals surface area contributed by atoms with Gasteiger partial charge < -0.3 is 20.3 Å². The van der Waals surface area contributed by atoms with Crippen LogP contribution < -0.4 is 10.6 Å². The summed E-state index contributed by atoms with van der Waals surface area (Å²) in [5.41, 5.74) is -0.449. The minimum atomic E-state index is -0.449. The number of hydrogen-bond acceptors (Lipinski definition) is 4. The molecule has 0 bridgehead atoms. The van der Waals surface area contributed by atoms with Gasteiger partial charge >= 0.3 is 6.09 Å². The third-order valence-corrected chi connectivity index (χ3v) is 3.76. The molecule has 0 aliphatic carbocycles. The van der Waals surface area contributed by atoms with Crippen LogP contribution >= 0.6 is 0 Å². The Morgan fingerprint density at radius 2 is 1.87 bits per heavy atom. The molecule has 1 atom stereocenters. The molecule has 0 aromatic carbocycles. The molecule has 0 aromatic rings. The van der Waals surface area contributed by atoms with E-state index in [1.807, 2.05) is 34.6 Å². The van der Waals surface area contributed by atoms with Crippen LogP contribution in [0.3, 0.4) is 0 Å². The molecule has 2 amide bonds. The van der Waals surface area contributed by atoms with Crippen molar-refractivity contribution in [2.45, 2.75) is 65.5 Å². The third-order valence-electron chi connectivity index (χ3n) is 3.76. The van der Waals surface area contributed by atoms with E-state index < -0.39 is 5.60 Å². The minimum absolute atomic E-state index is 0.0234. The Kier molecular flexibility index (Phi) is 7.82. The number of nitrogens with one attached hydrogen (secondary N) is 2. The summed E-state index contributed by atoms with van der Waals surface area (Å²) < 4.78 is 5.43. The van der Waals surface area contributed by atoms with Crippen LogP contribution in [-0.4, -0.2) is 54.7 Å². The second kappa shape index (κ2) is 9.11. The van der Waals surface area contributed by atoms with E-state index in [1.54, 1.807) is 4.90 Å². The smallest absolute Gasteiger partial charge is 0.410 e. The molecule has 1 saturated heterocycles. The Balaban J connectivity index is 2.27. The Labute approximate surface area is 140 Å². The first-order chi connectivity index (χ1) is 10.7. The molecule has 6 heteroatoms. The highest BCUT2D eigenvalue weighted by Gasteiger charge is 2.24. The van der Waals surface area contributed by atoms with E-state index in [1.165, 1.54) is 0 Å². The summed E-state index contributed by atoms with van der Waals surface area (Å²) in [6, 6.07) is 0.387. The van der Waals surface area contributed by atoms with Crippen molar-refractivity contribution in [2.75, 3.05) is 26.2 Å². The lowest BCUT2D eigenvalue weighted by Gasteiger charge is -2.26. The third kappa shape index (κ3) is 8.21. The molecular weight excluding hydrogens is 294 g/mol. The fourth-order valence-corrected chi connectivity index (χ4v) is 2.48. The zero-order valence-corrected chi connectivity index (χ0v) is 15.3. The molecule has 1 aliphatic rings. The lowest BCUT2D eigenvalue weighted by Crippen LogP contribution is -2.40. The SMILES string of the molecule is CC(C)C(=O)NCCNC1CCCN(C(=O)OC(C)(C)C)CC1. The summed E-state index contributed by atoms with van der Waals surface area (Å²) in [4.78, 5) is 25.4. The first kappa shape index (κ1) is 19.7. The largest absolute Gasteiger partial charge is 0.444 e. The topological polar surface area (TPSA) is 70.7 Å². The van der Waals surface area contributed by atoms with Gasteiger partial charge in [-0.1, -0.05) is 13.8 Å². The second-order valence-corrected chi connectivity index (χ2v) is 7.50. The van der Waals surface area contributed by atoms with Crippen molar-refractivity contribution in [3.8, 4) is 0 Å². The second-order valence-electron chi connectivity index (χ2n) is 7.50. The Hall–Kier alpha value is -1.30. The number of rotatable bonds is 5. The van der Waals surface area contributed by atoms with Crippen LogP contribution in [0.4, 0.5) is 4.79 Å². The summed E-state index contributed by atoms with van der Waals surface area (Å²) in [5, 5.41) is 6.37. The highest BCUT2D eigenvalue weighted by molar-refractivity contribution is 5.77. The van der Waals surface area contributed by atoms with Gasteiger partial charge in [0, 0.05) is 38.1 Å². The molecule has 0 radical (unpaired) electrons. The van der Waals surface area contributed by atoms with Gasteiger partial charge in [0.2, 0.25) is 5.91 Å². The van der Waals surface area contributed by atoms with Gasteiger partial charge in [-0.05, 0) is 40.0 Å². The molecule has 1 rings (SSSR count). The summed E-state index contributed by atoms with van der Waals surface area (Å²) in [5.74, 6) is 0.110. The molecule has 0 aromatic heterocycles. The van der Waals surface area contributed by atoms with E-state index in [4.69, 9.17) is 4.74 Å². The Morgan fingerprint density at radius 3 is 2.48 bits per heavy atom. The van der Waals surface area contributed by atoms with Crippen molar-refractivity contribution in [1.82, 2.24) is 15.5 Å². The van der Waals surface area contributed by atoms with Crippen LogP contribution in [-0.2, 0) is 9.53 Å². The van der Waals surface area contributed by atoms with E-state index in [2.05, 4.69) is 10.6 Å². The molecule has 1 aliphatic heterocycles. The zero-order valence-electron chi connectivity index (χ0n) is 15.3. The average molecular weight is 327 g/mol. The van der Waals surface area contributed by atoms with Gasteiger partial charge in [-0.3, -0.25) is 4.79 Å². The molecular formula is C17H33N3O3. The fourth-order valence-electron chi connectivity index (χ4n) is 2.48. The van der Waals surface area contributed by atoms with Crippen LogP contribution in [0.25, 0.3) is 0 Å². The molecule has 0 spiro atoms. The number of carbonyl (C=O) groups excluding carboxylic acids is 2. The maximum absolute atomic E-state index is 12.1. The van der Waals surface area contributed by atoms with Crippen molar-refractivity contribution in [3.63, 3.8) is 0 Å². The number of hydrogen-bond donors (Lipinski definition) is 2. The van der Waals surface area contributed by atoms with Crippen molar-refractivity contribution in [3.05, 3.63) is 0 Å². The van der Waals surface area contributed by atoms with Crippen molar-refractivity contribution in [2.24, 2.45) is 5.92 Å². The molecule has 1 heterocycles. The van der Waals surface area contributed by atoms with E-state index in [0.29, 0.717) is 19.1 Å². The molecule has 1 fully saturated rings. The number of likely N-dealkylation sites (tertiary alicyclic amines) is 1. The minimum Gasteiger partial charge on any atom is -0.444 e. The average Bonchev–Trinajstić information content (AvgIpc) is 2.67. The number of ether oxygens (including phenoxy) is 1. The highest BCUT2D eigenvalue weighted by Crippen LogP contribution is 2.15. The highest BCUT2D eigenvalue weighted by atomic mass is 16.6. The van der Waals surface area contributed by atoms with Gasteiger partial charge in [0.1, 0.15) is 5.60 Å². The Bertz CT molecular complexity index is 391. The van der Waals surface area contributed by atoms with E-state index in [9.17, 15) is 9.59 Å². The summed E-state index contributed by atoms with van der Waals surface area (Å²) in [6.07, 6.45) is 2.70. The van der Waals surface area contributed by atoms with Gasteiger partial charge in [0.15, 0.2) is 0 Å². The van der Waals surface area contributed by atoms with E-state index in [0.717, 1.165) is 32.4 Å².